The maximum Gasteiger partial charge on any atom is 0.0254 e. The van der Waals surface area contributed by atoms with Crippen molar-refractivity contribution >= 4 is 49.3 Å². The molecule has 0 fully saturated rings. The van der Waals surface area contributed by atoms with Crippen molar-refractivity contribution in [1.82, 2.24) is 0 Å². The lowest BCUT2D eigenvalue weighted by molar-refractivity contribution is 0.644. The SMILES string of the molecule is CC1(C)c2cc(I)ccc2-c2ccc(Br)c3cccc1c23. The van der Waals surface area contributed by atoms with Crippen molar-refractivity contribution in [3.8, 4) is 11.1 Å². The van der Waals surface area contributed by atoms with E-state index in [4.69, 9.17) is 0 Å². The first kappa shape index (κ1) is 13.8. The highest BCUT2D eigenvalue weighted by atomic mass is 127. The summed E-state index contributed by atoms with van der Waals surface area (Å²) in [5.41, 5.74) is 5.61. The van der Waals surface area contributed by atoms with E-state index in [1.807, 2.05) is 0 Å². The summed E-state index contributed by atoms with van der Waals surface area (Å²) >= 11 is 6.11. The summed E-state index contributed by atoms with van der Waals surface area (Å²) in [5.74, 6) is 0. The van der Waals surface area contributed by atoms with Crippen molar-refractivity contribution in [3.63, 3.8) is 0 Å². The van der Waals surface area contributed by atoms with E-state index >= 15 is 0 Å². The van der Waals surface area contributed by atoms with Crippen LogP contribution in [0.3, 0.4) is 0 Å². The molecule has 3 aromatic carbocycles. The van der Waals surface area contributed by atoms with E-state index in [-0.39, 0.29) is 5.41 Å². The van der Waals surface area contributed by atoms with Crippen LogP contribution in [-0.4, -0.2) is 0 Å². The Hall–Kier alpha value is -0.870. The van der Waals surface area contributed by atoms with E-state index < -0.39 is 0 Å². The normalized spacial score (nSPS) is 15.0. The second kappa shape index (κ2) is 4.56. The van der Waals surface area contributed by atoms with Crippen LogP contribution in [-0.2, 0) is 5.41 Å². The second-order valence-corrected chi connectivity index (χ2v) is 8.24. The van der Waals surface area contributed by atoms with E-state index in [1.54, 1.807) is 0 Å². The van der Waals surface area contributed by atoms with Gasteiger partial charge in [0.25, 0.3) is 0 Å². The van der Waals surface area contributed by atoms with Crippen molar-refractivity contribution in [1.29, 1.82) is 0 Å². The quantitative estimate of drug-likeness (QED) is 0.343. The molecule has 0 aromatic heterocycles. The molecule has 0 nitrogen and oxygen atoms in total. The summed E-state index contributed by atoms with van der Waals surface area (Å²) in [6.07, 6.45) is 0. The van der Waals surface area contributed by atoms with E-state index in [1.165, 1.54) is 41.1 Å². The zero-order chi connectivity index (χ0) is 14.8. The van der Waals surface area contributed by atoms with Gasteiger partial charge in [-0.15, -0.1) is 0 Å². The van der Waals surface area contributed by atoms with Crippen LogP contribution in [0.4, 0.5) is 0 Å². The smallest absolute Gasteiger partial charge is 0.0254 e. The Balaban J connectivity index is 2.26. The molecule has 0 spiro atoms. The van der Waals surface area contributed by atoms with Crippen LogP contribution in [0, 0.1) is 3.57 Å². The minimum Gasteiger partial charge on any atom is -0.0613 e. The monoisotopic (exact) mass is 448 g/mol. The molecular formula is C19H14BrI. The van der Waals surface area contributed by atoms with Gasteiger partial charge in [0.05, 0.1) is 0 Å². The Morgan fingerprint density at radius 3 is 2.48 bits per heavy atom. The van der Waals surface area contributed by atoms with Crippen LogP contribution >= 0.6 is 38.5 Å². The summed E-state index contributed by atoms with van der Waals surface area (Å²) in [6.45, 7) is 4.67. The van der Waals surface area contributed by atoms with E-state index in [2.05, 4.69) is 101 Å². The highest BCUT2D eigenvalue weighted by Crippen LogP contribution is 2.49. The number of rotatable bonds is 0. The fourth-order valence-electron chi connectivity index (χ4n) is 3.53. The number of halogens is 2. The zero-order valence-corrected chi connectivity index (χ0v) is 15.6. The predicted molar refractivity (Wildman–Crippen MR) is 102 cm³/mol. The Morgan fingerprint density at radius 1 is 0.905 bits per heavy atom. The molecule has 0 saturated heterocycles. The predicted octanol–water partition coefficient (Wildman–Crippen LogP) is 6.51. The lowest BCUT2D eigenvalue weighted by Crippen LogP contribution is -2.23. The van der Waals surface area contributed by atoms with Gasteiger partial charge in [0, 0.05) is 13.5 Å². The van der Waals surface area contributed by atoms with Gasteiger partial charge < -0.3 is 0 Å². The summed E-state index contributed by atoms with van der Waals surface area (Å²) in [5, 5.41) is 2.70. The van der Waals surface area contributed by atoms with Crippen LogP contribution in [0.1, 0.15) is 25.0 Å². The van der Waals surface area contributed by atoms with Gasteiger partial charge >= 0.3 is 0 Å². The lowest BCUT2D eigenvalue weighted by Gasteiger charge is -2.35. The minimum atomic E-state index is 0.0316. The van der Waals surface area contributed by atoms with Gasteiger partial charge in [-0.05, 0) is 73.8 Å². The Kier molecular flexibility index (Phi) is 2.99. The molecule has 0 heterocycles. The first-order valence-electron chi connectivity index (χ1n) is 7.02. The van der Waals surface area contributed by atoms with Gasteiger partial charge in [0.15, 0.2) is 0 Å². The van der Waals surface area contributed by atoms with Gasteiger partial charge in [0.2, 0.25) is 0 Å². The molecular weight excluding hydrogens is 435 g/mol. The van der Waals surface area contributed by atoms with Gasteiger partial charge in [-0.1, -0.05) is 60.1 Å². The molecule has 0 radical (unpaired) electrons. The van der Waals surface area contributed by atoms with Crippen LogP contribution in [0.25, 0.3) is 21.9 Å². The molecule has 1 aliphatic carbocycles. The average Bonchev–Trinajstić information content (AvgIpc) is 2.47. The summed E-state index contributed by atoms with van der Waals surface area (Å²) < 4.78 is 2.47. The molecule has 1 aliphatic rings. The Morgan fingerprint density at radius 2 is 1.67 bits per heavy atom. The lowest BCUT2D eigenvalue weighted by atomic mass is 9.68. The first-order chi connectivity index (χ1) is 10.00. The van der Waals surface area contributed by atoms with Gasteiger partial charge in [-0.25, -0.2) is 0 Å². The van der Waals surface area contributed by atoms with Crippen LogP contribution in [0.15, 0.2) is 53.0 Å². The topological polar surface area (TPSA) is 0 Å². The average molecular weight is 449 g/mol. The van der Waals surface area contributed by atoms with Crippen LogP contribution in [0.5, 0.6) is 0 Å². The molecule has 0 unspecified atom stereocenters. The Labute approximate surface area is 146 Å². The number of fused-ring (bicyclic) bond motifs is 2. The standard InChI is InChI=1S/C19H14BrI/c1-19(2)15-5-3-4-14-17(20)9-8-13(18(14)15)12-7-6-11(21)10-16(12)19/h3-10H,1-2H3. The van der Waals surface area contributed by atoms with Crippen molar-refractivity contribution in [2.45, 2.75) is 19.3 Å². The molecule has 0 bridgehead atoms. The summed E-state index contributed by atoms with van der Waals surface area (Å²) in [7, 11) is 0. The highest BCUT2D eigenvalue weighted by molar-refractivity contribution is 14.1. The van der Waals surface area contributed by atoms with Crippen LogP contribution < -0.4 is 0 Å². The molecule has 0 amide bonds. The third-order valence-corrected chi connectivity index (χ3v) is 5.97. The molecule has 0 atom stereocenters. The molecule has 2 heteroatoms. The number of hydrogen-bond acceptors (Lipinski definition) is 0. The number of benzene rings is 3. The number of hydrogen-bond donors (Lipinski definition) is 0. The van der Waals surface area contributed by atoms with Crippen molar-refractivity contribution in [2.24, 2.45) is 0 Å². The third kappa shape index (κ3) is 1.85. The van der Waals surface area contributed by atoms with Gasteiger partial charge in [-0.3, -0.25) is 0 Å². The fraction of sp³-hybridized carbons (Fsp3) is 0.158. The van der Waals surface area contributed by atoms with Crippen LogP contribution in [0.2, 0.25) is 0 Å². The zero-order valence-electron chi connectivity index (χ0n) is 11.9. The maximum atomic E-state index is 3.71. The van der Waals surface area contributed by atoms with E-state index in [0.29, 0.717) is 0 Å². The van der Waals surface area contributed by atoms with Crippen molar-refractivity contribution < 1.29 is 0 Å². The first-order valence-corrected chi connectivity index (χ1v) is 8.89. The van der Waals surface area contributed by atoms with Gasteiger partial charge in [-0.2, -0.15) is 0 Å². The largest absolute Gasteiger partial charge is 0.0613 e. The second-order valence-electron chi connectivity index (χ2n) is 6.14. The van der Waals surface area contributed by atoms with Gasteiger partial charge in [0.1, 0.15) is 0 Å². The molecule has 21 heavy (non-hydrogen) atoms. The summed E-state index contributed by atoms with van der Waals surface area (Å²) in [6, 6.07) is 17.9. The van der Waals surface area contributed by atoms with Crippen molar-refractivity contribution in [2.75, 3.05) is 0 Å². The third-order valence-electron chi connectivity index (χ3n) is 4.61. The minimum absolute atomic E-state index is 0.0316. The van der Waals surface area contributed by atoms with Crippen molar-refractivity contribution in [3.05, 3.63) is 67.7 Å². The maximum absolute atomic E-state index is 3.71. The molecule has 3 aromatic rings. The highest BCUT2D eigenvalue weighted by Gasteiger charge is 2.33. The molecule has 4 rings (SSSR count). The Bertz CT molecular complexity index is 893. The fourth-order valence-corrected chi connectivity index (χ4v) is 4.48. The van der Waals surface area contributed by atoms with E-state index in [9.17, 15) is 0 Å². The molecule has 0 N–H and O–H groups in total. The molecule has 0 aliphatic heterocycles. The molecule has 104 valence electrons. The molecule has 0 saturated carbocycles. The van der Waals surface area contributed by atoms with E-state index in [0.717, 1.165) is 0 Å². The summed E-state index contributed by atoms with van der Waals surface area (Å²) in [4.78, 5) is 0.